The van der Waals surface area contributed by atoms with Crippen molar-refractivity contribution in [1.29, 1.82) is 0 Å². The standard InChI is InChI=1S/C39H65N11O12/c1-9-21(6)32(50-30(52)17-42-29(51)16-43-34(56)23(8)45-33(55)22(7)40)38(60)49-27(13-20(4)5)36(58)48-28(14-24-15-41-18-44-24)37(59)47-26(12-19(2)3)35(57)46-25(39(61)62)10-11-31(53)54/h15,18-23,25-28,32H,9-14,16-17,40H2,1-8H3,(H,41,44)(H,42,51)(H,43,56)(H,45,55)(H,46,57)(H,47,59)(H,48,58)(H,49,60)(H,50,52)(H,53,54)(H,61,62). The third-order valence-electron chi connectivity index (χ3n) is 9.40. The molecule has 23 heteroatoms. The van der Waals surface area contributed by atoms with Crippen LogP contribution in [0.3, 0.4) is 0 Å². The zero-order valence-electron chi connectivity index (χ0n) is 36.6. The molecule has 0 fully saturated rings. The Morgan fingerprint density at radius 2 is 1.16 bits per heavy atom. The van der Waals surface area contributed by atoms with Crippen LogP contribution in [-0.4, -0.2) is 135 Å². The van der Waals surface area contributed by atoms with Crippen molar-refractivity contribution in [3.05, 3.63) is 18.2 Å². The maximum absolute atomic E-state index is 14.0. The summed E-state index contributed by atoms with van der Waals surface area (Å²) in [6, 6.07) is -8.43. The molecule has 1 rings (SSSR count). The van der Waals surface area contributed by atoms with Crippen LogP contribution in [0.15, 0.2) is 12.5 Å². The number of aromatic nitrogens is 2. The van der Waals surface area contributed by atoms with Gasteiger partial charge in [0, 0.05) is 24.7 Å². The lowest BCUT2D eigenvalue weighted by Gasteiger charge is -2.29. The Labute approximate surface area is 360 Å². The number of H-pyrrole nitrogens is 1. The second kappa shape index (κ2) is 26.9. The van der Waals surface area contributed by atoms with Gasteiger partial charge in [-0.2, -0.15) is 0 Å². The number of nitrogens with zero attached hydrogens (tertiary/aromatic N) is 1. The van der Waals surface area contributed by atoms with E-state index in [2.05, 4.69) is 52.5 Å². The number of carbonyl (C=O) groups excluding carboxylic acids is 8. The van der Waals surface area contributed by atoms with Gasteiger partial charge in [0.1, 0.15) is 36.3 Å². The highest BCUT2D eigenvalue weighted by molar-refractivity contribution is 5.97. The normalized spacial score (nSPS) is 15.0. The number of nitrogens with two attached hydrogens (primary N) is 1. The molecule has 0 bridgehead atoms. The minimum Gasteiger partial charge on any atom is -0.481 e. The highest BCUT2D eigenvalue weighted by atomic mass is 16.4. The Hall–Kier alpha value is -6.13. The number of hydrogen-bond donors (Lipinski definition) is 12. The van der Waals surface area contributed by atoms with Crippen molar-refractivity contribution in [2.24, 2.45) is 23.5 Å². The molecule has 0 spiro atoms. The van der Waals surface area contributed by atoms with E-state index >= 15 is 0 Å². The quantitative estimate of drug-likeness (QED) is 0.0416. The molecule has 8 amide bonds. The highest BCUT2D eigenvalue weighted by Crippen LogP contribution is 2.13. The number of carbonyl (C=O) groups is 10. The summed E-state index contributed by atoms with van der Waals surface area (Å²) in [4.78, 5) is 134. The third kappa shape index (κ3) is 20.4. The summed E-state index contributed by atoms with van der Waals surface area (Å²) < 4.78 is 0. The predicted molar refractivity (Wildman–Crippen MR) is 222 cm³/mol. The summed E-state index contributed by atoms with van der Waals surface area (Å²) in [7, 11) is 0. The Bertz CT molecular complexity index is 1700. The zero-order valence-corrected chi connectivity index (χ0v) is 36.6. The number of imidazole rings is 1. The van der Waals surface area contributed by atoms with Crippen molar-refractivity contribution in [1.82, 2.24) is 52.5 Å². The molecule has 348 valence electrons. The summed E-state index contributed by atoms with van der Waals surface area (Å²) >= 11 is 0. The number of carboxylic acid groups (broad SMARTS) is 2. The van der Waals surface area contributed by atoms with Crippen molar-refractivity contribution >= 4 is 59.2 Å². The van der Waals surface area contributed by atoms with Crippen LogP contribution in [-0.2, 0) is 54.4 Å². The smallest absolute Gasteiger partial charge is 0.326 e. The van der Waals surface area contributed by atoms with Gasteiger partial charge in [-0.05, 0) is 50.9 Å². The maximum Gasteiger partial charge on any atom is 0.326 e. The lowest BCUT2D eigenvalue weighted by atomic mass is 9.96. The van der Waals surface area contributed by atoms with Crippen molar-refractivity contribution in [3.63, 3.8) is 0 Å². The van der Waals surface area contributed by atoms with Gasteiger partial charge in [-0.1, -0.05) is 48.0 Å². The molecule has 1 aromatic rings. The predicted octanol–water partition coefficient (Wildman–Crippen LogP) is -2.45. The topological polar surface area (TPSA) is 362 Å². The lowest BCUT2D eigenvalue weighted by molar-refractivity contribution is -0.143. The molecule has 1 heterocycles. The molecule has 13 N–H and O–H groups in total. The number of hydrogen-bond acceptors (Lipinski definition) is 12. The largest absolute Gasteiger partial charge is 0.481 e. The Balaban J connectivity index is 3.18. The molecule has 0 radical (unpaired) electrons. The van der Waals surface area contributed by atoms with E-state index in [1.807, 2.05) is 0 Å². The first-order valence-electron chi connectivity index (χ1n) is 20.5. The van der Waals surface area contributed by atoms with E-state index in [1.165, 1.54) is 26.4 Å². The summed E-state index contributed by atoms with van der Waals surface area (Å²) in [5.74, 6) is -9.44. The SMILES string of the molecule is CCC(C)C(NC(=O)CNC(=O)CNC(=O)C(C)NC(=O)C(C)N)C(=O)NC(CC(C)C)C(=O)NC(Cc1cnc[nH]1)C(=O)NC(CC(C)C)C(=O)NC(CCC(=O)O)C(=O)O. The Kier molecular flexibility index (Phi) is 23.4. The molecular formula is C39H65N11O12. The molecule has 0 saturated heterocycles. The van der Waals surface area contributed by atoms with Gasteiger partial charge >= 0.3 is 11.9 Å². The molecule has 0 aliphatic heterocycles. The second-order valence-corrected chi connectivity index (χ2v) is 16.0. The zero-order chi connectivity index (χ0) is 47.3. The molecular weight excluding hydrogens is 814 g/mol. The summed E-state index contributed by atoms with van der Waals surface area (Å²) in [6.07, 6.45) is 2.26. The molecule has 8 atom stereocenters. The second-order valence-electron chi connectivity index (χ2n) is 16.0. The minimum atomic E-state index is -1.55. The first-order valence-corrected chi connectivity index (χ1v) is 20.5. The van der Waals surface area contributed by atoms with E-state index in [-0.39, 0.29) is 31.1 Å². The molecule has 23 nitrogen and oxygen atoms in total. The van der Waals surface area contributed by atoms with E-state index in [0.717, 1.165) is 0 Å². The average molecular weight is 880 g/mol. The number of rotatable bonds is 28. The van der Waals surface area contributed by atoms with Crippen LogP contribution < -0.4 is 48.3 Å². The molecule has 8 unspecified atom stereocenters. The van der Waals surface area contributed by atoms with Gasteiger partial charge in [-0.3, -0.25) is 43.2 Å². The van der Waals surface area contributed by atoms with Crippen LogP contribution in [0.4, 0.5) is 0 Å². The number of carboxylic acids is 2. The molecule has 62 heavy (non-hydrogen) atoms. The van der Waals surface area contributed by atoms with Crippen LogP contribution >= 0.6 is 0 Å². The fourth-order valence-electron chi connectivity index (χ4n) is 5.73. The van der Waals surface area contributed by atoms with Gasteiger partial charge in [0.05, 0.1) is 25.5 Å². The van der Waals surface area contributed by atoms with E-state index in [4.69, 9.17) is 10.8 Å². The van der Waals surface area contributed by atoms with Crippen molar-refractivity contribution in [2.45, 2.75) is 136 Å². The van der Waals surface area contributed by atoms with Crippen LogP contribution in [0.1, 0.15) is 93.2 Å². The van der Waals surface area contributed by atoms with Gasteiger partial charge in [-0.15, -0.1) is 0 Å². The highest BCUT2D eigenvalue weighted by Gasteiger charge is 2.34. The van der Waals surface area contributed by atoms with Gasteiger partial charge in [0.15, 0.2) is 0 Å². The monoisotopic (exact) mass is 879 g/mol. The van der Waals surface area contributed by atoms with E-state index in [1.54, 1.807) is 41.5 Å². The third-order valence-corrected chi connectivity index (χ3v) is 9.40. The number of aromatic amines is 1. The van der Waals surface area contributed by atoms with E-state index in [0.29, 0.717) is 12.1 Å². The lowest BCUT2D eigenvalue weighted by Crippen LogP contribution is -2.60. The van der Waals surface area contributed by atoms with E-state index in [9.17, 15) is 53.1 Å². The molecule has 0 aliphatic rings. The van der Waals surface area contributed by atoms with Gasteiger partial charge in [0.25, 0.3) is 0 Å². The van der Waals surface area contributed by atoms with Gasteiger partial charge < -0.3 is 63.5 Å². The molecule has 0 aliphatic carbocycles. The van der Waals surface area contributed by atoms with Crippen LogP contribution in [0, 0.1) is 17.8 Å². The minimum absolute atomic E-state index is 0.0534. The maximum atomic E-state index is 14.0. The number of aliphatic carboxylic acids is 2. The fraction of sp³-hybridized carbons (Fsp3) is 0.667. The first-order chi connectivity index (χ1) is 28.9. The first kappa shape index (κ1) is 53.9. The molecule has 0 saturated carbocycles. The van der Waals surface area contributed by atoms with Crippen molar-refractivity contribution in [2.75, 3.05) is 13.1 Å². The molecule has 0 aromatic carbocycles. The van der Waals surface area contributed by atoms with Crippen LogP contribution in [0.25, 0.3) is 0 Å². The van der Waals surface area contributed by atoms with Gasteiger partial charge in [0.2, 0.25) is 47.3 Å². The number of amides is 8. The summed E-state index contributed by atoms with van der Waals surface area (Å²) in [5.41, 5.74) is 5.91. The van der Waals surface area contributed by atoms with Crippen molar-refractivity contribution < 1.29 is 58.2 Å². The average Bonchev–Trinajstić information content (AvgIpc) is 3.70. The summed E-state index contributed by atoms with van der Waals surface area (Å²) in [5, 5.41) is 38.5. The van der Waals surface area contributed by atoms with Crippen LogP contribution in [0.5, 0.6) is 0 Å². The fourth-order valence-corrected chi connectivity index (χ4v) is 5.73. The summed E-state index contributed by atoms with van der Waals surface area (Å²) in [6.45, 7) is 12.4. The van der Waals surface area contributed by atoms with Gasteiger partial charge in [-0.25, -0.2) is 9.78 Å². The Morgan fingerprint density at radius 3 is 1.65 bits per heavy atom. The Morgan fingerprint density at radius 1 is 0.645 bits per heavy atom. The number of nitrogens with one attached hydrogen (secondary N) is 9. The molecule has 1 aromatic heterocycles. The van der Waals surface area contributed by atoms with E-state index < -0.39 is 133 Å². The van der Waals surface area contributed by atoms with Crippen LogP contribution in [0.2, 0.25) is 0 Å². The van der Waals surface area contributed by atoms with Crippen molar-refractivity contribution in [3.8, 4) is 0 Å².